The van der Waals surface area contributed by atoms with Gasteiger partial charge in [-0.05, 0) is 60.9 Å². The van der Waals surface area contributed by atoms with Gasteiger partial charge in [0.25, 0.3) is 5.91 Å². The Hall–Kier alpha value is -3.51. The summed E-state index contributed by atoms with van der Waals surface area (Å²) in [5.41, 5.74) is 2.40. The Balaban J connectivity index is 1.14. The van der Waals surface area contributed by atoms with E-state index in [-0.39, 0.29) is 18.3 Å². The Morgan fingerprint density at radius 2 is 1.95 bits per heavy atom. The topological polar surface area (TPSA) is 133 Å². The third kappa shape index (κ3) is 9.25. The van der Waals surface area contributed by atoms with Crippen LogP contribution >= 0.6 is 0 Å². The number of rotatable bonds is 13. The summed E-state index contributed by atoms with van der Waals surface area (Å²) in [4.78, 5) is 19.7. The fraction of sp³-hybridized carbons (Fsp3) is 0.400. The van der Waals surface area contributed by atoms with Crippen molar-refractivity contribution in [1.82, 2.24) is 20.5 Å². The first-order chi connectivity index (χ1) is 19.8. The minimum Gasteiger partial charge on any atom is -0.507 e. The summed E-state index contributed by atoms with van der Waals surface area (Å²) in [6.07, 6.45) is 4.30. The van der Waals surface area contributed by atoms with Gasteiger partial charge in [0.15, 0.2) is 0 Å². The lowest BCUT2D eigenvalue weighted by molar-refractivity contribution is 0.0950. The number of carbonyl (C=O) groups is 1. The van der Waals surface area contributed by atoms with E-state index >= 15 is 0 Å². The average Bonchev–Trinajstić information content (AvgIpc) is 2.99. The maximum absolute atomic E-state index is 12.5. The third-order valence-electron chi connectivity index (χ3n) is 6.97. The largest absolute Gasteiger partial charge is 0.507 e. The molecule has 2 atom stereocenters. The van der Waals surface area contributed by atoms with Gasteiger partial charge in [-0.15, -0.1) is 0 Å². The molecule has 0 bridgehead atoms. The molecule has 0 aliphatic carbocycles. The van der Waals surface area contributed by atoms with E-state index in [1.165, 1.54) is 18.4 Å². The van der Waals surface area contributed by atoms with Crippen molar-refractivity contribution in [3.8, 4) is 17.2 Å². The minimum absolute atomic E-state index is 0.0385. The number of hydrogen-bond donors (Lipinski definition) is 4. The molecule has 4 N–H and O–H groups in total. The van der Waals surface area contributed by atoms with E-state index < -0.39 is 16.9 Å². The molecule has 2 unspecified atom stereocenters. The highest BCUT2D eigenvalue weighted by molar-refractivity contribution is 7.84. The van der Waals surface area contributed by atoms with E-state index in [9.17, 15) is 19.2 Å². The number of aromatic nitrogens is 1. The van der Waals surface area contributed by atoms with E-state index in [1.807, 2.05) is 36.4 Å². The fourth-order valence-corrected chi connectivity index (χ4v) is 5.26. The number of nitrogens with one attached hydrogen (secondary N) is 2. The summed E-state index contributed by atoms with van der Waals surface area (Å²) in [6, 6.07) is 16.1. The first kappa shape index (κ1) is 30.4. The zero-order valence-electron chi connectivity index (χ0n) is 23.4. The van der Waals surface area contributed by atoms with Crippen LogP contribution < -0.4 is 20.1 Å². The molecular weight excluding hydrogens is 544 g/mol. The number of piperidine rings is 1. The van der Waals surface area contributed by atoms with Gasteiger partial charge in [-0.25, -0.2) is 0 Å². The summed E-state index contributed by atoms with van der Waals surface area (Å²) < 4.78 is 22.5. The molecule has 220 valence electrons. The van der Waals surface area contributed by atoms with Crippen LogP contribution in [0.1, 0.15) is 34.5 Å². The first-order valence-corrected chi connectivity index (χ1v) is 15.2. The first-order valence-electron chi connectivity index (χ1n) is 13.6. The second-order valence-electron chi connectivity index (χ2n) is 10.1. The number of methoxy groups -OCH3 is 1. The Kier molecular flexibility index (Phi) is 11.1. The molecule has 1 saturated heterocycles. The number of aliphatic hydroxyl groups excluding tert-OH is 1. The molecular formula is C30H38N4O6S. The van der Waals surface area contributed by atoms with Gasteiger partial charge >= 0.3 is 0 Å². The smallest absolute Gasteiger partial charge is 0.253 e. The number of carbonyl (C=O) groups excluding carboxylic acids is 1. The molecule has 3 aromatic rings. The second-order valence-corrected chi connectivity index (χ2v) is 11.4. The van der Waals surface area contributed by atoms with Crippen molar-refractivity contribution in [3.63, 3.8) is 0 Å². The maximum atomic E-state index is 12.5. The number of phenolic OH excluding ortho intramolecular Hbond substituents is 1. The summed E-state index contributed by atoms with van der Waals surface area (Å²) >= 11 is 0. The van der Waals surface area contributed by atoms with Crippen LogP contribution in [0.5, 0.6) is 17.2 Å². The van der Waals surface area contributed by atoms with Crippen molar-refractivity contribution in [1.29, 1.82) is 0 Å². The van der Waals surface area contributed by atoms with E-state index in [4.69, 9.17) is 9.47 Å². The Labute approximate surface area is 243 Å². The highest BCUT2D eigenvalue weighted by atomic mass is 32.2. The van der Waals surface area contributed by atoms with Gasteiger partial charge in [-0.2, -0.15) is 0 Å². The predicted octanol–water partition coefficient (Wildman–Crippen LogP) is 2.46. The van der Waals surface area contributed by atoms with Crippen molar-refractivity contribution < 1.29 is 28.7 Å². The molecule has 41 heavy (non-hydrogen) atoms. The van der Waals surface area contributed by atoms with E-state index in [2.05, 4.69) is 20.5 Å². The number of aliphatic hydroxyl groups is 1. The standard InChI is InChI=1S/C30H38N4O6S/c1-39-26-5-3-4-21(14-26)16-33-30(37)22-6-7-24(31-17-22)19-34-12-10-23(11-13-34)32-18-25(35)20-40-27-8-9-28(36)29(15-27)41(2)38/h3-9,14-15,17,23,25,32,35-36H,10-13,16,18-20H2,1-2H3,(H,33,37). The molecule has 1 aliphatic heterocycles. The third-order valence-corrected chi connectivity index (χ3v) is 7.92. The molecule has 1 aliphatic rings. The highest BCUT2D eigenvalue weighted by Gasteiger charge is 2.20. The van der Waals surface area contributed by atoms with Crippen LogP contribution in [0.4, 0.5) is 0 Å². The van der Waals surface area contributed by atoms with Crippen LogP contribution in [0.15, 0.2) is 65.7 Å². The van der Waals surface area contributed by atoms with Crippen molar-refractivity contribution >= 4 is 16.7 Å². The van der Waals surface area contributed by atoms with Crippen LogP contribution in [-0.4, -0.2) is 82.0 Å². The highest BCUT2D eigenvalue weighted by Crippen LogP contribution is 2.25. The monoisotopic (exact) mass is 582 g/mol. The number of aromatic hydroxyl groups is 1. The summed E-state index contributed by atoms with van der Waals surface area (Å²) in [5.74, 6) is 0.999. The average molecular weight is 583 g/mol. The SMILES string of the molecule is COc1cccc(CNC(=O)c2ccc(CN3CCC(NCC(O)COc4ccc(O)c(S(C)=O)c4)CC3)nc2)c1. The normalized spacial score (nSPS) is 15.7. The van der Waals surface area contributed by atoms with Crippen molar-refractivity contribution in [2.75, 3.05) is 39.6 Å². The number of benzene rings is 2. The van der Waals surface area contributed by atoms with Gasteiger partial charge in [-0.1, -0.05) is 12.1 Å². The molecule has 1 aromatic heterocycles. The number of hydrogen-bond acceptors (Lipinski definition) is 9. The van der Waals surface area contributed by atoms with Gasteiger partial charge in [0.05, 0.1) is 34.1 Å². The second kappa shape index (κ2) is 14.9. The van der Waals surface area contributed by atoms with E-state index in [0.717, 1.165) is 42.9 Å². The van der Waals surface area contributed by atoms with Crippen LogP contribution in [0.25, 0.3) is 0 Å². The maximum Gasteiger partial charge on any atom is 0.253 e. The predicted molar refractivity (Wildman–Crippen MR) is 157 cm³/mol. The number of phenols is 1. The molecule has 11 heteroatoms. The lowest BCUT2D eigenvalue weighted by Gasteiger charge is -2.32. The fourth-order valence-electron chi connectivity index (χ4n) is 4.61. The molecule has 10 nitrogen and oxygen atoms in total. The number of amides is 1. The van der Waals surface area contributed by atoms with Crippen molar-refractivity contribution in [3.05, 3.63) is 77.6 Å². The van der Waals surface area contributed by atoms with Crippen LogP contribution in [0.2, 0.25) is 0 Å². The molecule has 2 heterocycles. The van der Waals surface area contributed by atoms with Gasteiger partial charge < -0.3 is 30.3 Å². The quantitative estimate of drug-likeness (QED) is 0.240. The van der Waals surface area contributed by atoms with Gasteiger partial charge in [-0.3, -0.25) is 18.9 Å². The van der Waals surface area contributed by atoms with Gasteiger partial charge in [0.2, 0.25) is 0 Å². The molecule has 4 rings (SSSR count). The van der Waals surface area contributed by atoms with Gasteiger partial charge in [0.1, 0.15) is 30.0 Å². The Bertz CT molecular complexity index is 1310. The number of ether oxygens (including phenoxy) is 2. The number of nitrogens with zero attached hydrogens (tertiary/aromatic N) is 2. The number of pyridine rings is 1. The van der Waals surface area contributed by atoms with Gasteiger partial charge in [0, 0.05) is 51.2 Å². The van der Waals surface area contributed by atoms with Crippen LogP contribution in [0, 0.1) is 0 Å². The van der Waals surface area contributed by atoms with Crippen molar-refractivity contribution in [2.24, 2.45) is 0 Å². The lowest BCUT2D eigenvalue weighted by atomic mass is 10.0. The van der Waals surface area contributed by atoms with E-state index in [0.29, 0.717) is 41.9 Å². The Morgan fingerprint density at radius 3 is 2.66 bits per heavy atom. The molecule has 0 saturated carbocycles. The Morgan fingerprint density at radius 1 is 1.15 bits per heavy atom. The van der Waals surface area contributed by atoms with Crippen LogP contribution in [-0.2, 0) is 23.9 Å². The van der Waals surface area contributed by atoms with E-state index in [1.54, 1.807) is 19.4 Å². The zero-order valence-corrected chi connectivity index (χ0v) is 24.2. The summed E-state index contributed by atoms with van der Waals surface area (Å²) in [6.45, 7) is 3.42. The molecule has 0 spiro atoms. The molecule has 1 amide bonds. The minimum atomic E-state index is -1.33. The summed E-state index contributed by atoms with van der Waals surface area (Å²) in [5, 5.41) is 26.5. The number of likely N-dealkylation sites (tertiary alicyclic amines) is 1. The molecule has 2 aromatic carbocycles. The lowest BCUT2D eigenvalue weighted by Crippen LogP contribution is -2.45. The van der Waals surface area contributed by atoms with Crippen molar-refractivity contribution in [2.45, 2.75) is 43.0 Å². The van der Waals surface area contributed by atoms with Crippen LogP contribution in [0.3, 0.4) is 0 Å². The zero-order chi connectivity index (χ0) is 29.2. The summed E-state index contributed by atoms with van der Waals surface area (Å²) in [7, 11) is 0.284. The molecule has 1 fully saturated rings. The molecule has 0 radical (unpaired) electrons.